The second kappa shape index (κ2) is 7.96. The van der Waals surface area contributed by atoms with Gasteiger partial charge in [0.05, 0.1) is 0 Å². The van der Waals surface area contributed by atoms with Crippen molar-refractivity contribution in [3.05, 3.63) is 103 Å². The zero-order valence-corrected chi connectivity index (χ0v) is 15.1. The first kappa shape index (κ1) is 17.2. The maximum Gasteiger partial charge on any atom is 0.152 e. The summed E-state index contributed by atoms with van der Waals surface area (Å²) in [6, 6.07) is 31.7. The summed E-state index contributed by atoms with van der Waals surface area (Å²) in [6.45, 7) is -0.392. The maximum atomic E-state index is 11.4. The first-order valence-corrected chi connectivity index (χ1v) is 10.2. The third-order valence-corrected chi connectivity index (χ3v) is 8.09. The van der Waals surface area contributed by atoms with Gasteiger partial charge in [-0.3, -0.25) is 4.79 Å². The minimum absolute atomic E-state index is 0.0588. The molecule has 0 aliphatic rings. The molecule has 0 atom stereocenters. The molecule has 0 spiro atoms. The summed E-state index contributed by atoms with van der Waals surface area (Å²) < 4.78 is 0. The van der Waals surface area contributed by atoms with Crippen LogP contribution in [0.25, 0.3) is 0 Å². The summed E-state index contributed by atoms with van der Waals surface area (Å²) >= 11 is 0. The third kappa shape index (κ3) is 3.73. The minimum Gasteiger partial charge on any atom is -0.295 e. The molecule has 3 rings (SSSR count). The highest BCUT2D eigenvalue weighted by Crippen LogP contribution is 2.43. The van der Waals surface area contributed by atoms with Gasteiger partial charge in [0.1, 0.15) is 0 Å². The second-order valence-corrected chi connectivity index (χ2v) is 9.14. The Labute approximate surface area is 149 Å². The Kier molecular flexibility index (Phi) is 5.48. The SMILES string of the molecule is CC(=O)/C=C/C=P(c1ccccc1)(c1ccccc1)c1ccccc1. The van der Waals surface area contributed by atoms with Crippen LogP contribution in [0.4, 0.5) is 0 Å². The van der Waals surface area contributed by atoms with E-state index >= 15 is 0 Å². The average molecular weight is 344 g/mol. The molecule has 0 saturated heterocycles. The van der Waals surface area contributed by atoms with Crippen LogP contribution in [0.2, 0.25) is 0 Å². The van der Waals surface area contributed by atoms with Gasteiger partial charge in [0.2, 0.25) is 0 Å². The van der Waals surface area contributed by atoms with Crippen molar-refractivity contribution < 1.29 is 4.79 Å². The van der Waals surface area contributed by atoms with E-state index in [9.17, 15) is 4.79 Å². The van der Waals surface area contributed by atoms with Crippen molar-refractivity contribution in [2.75, 3.05) is 0 Å². The second-order valence-electron chi connectivity index (χ2n) is 5.85. The molecule has 0 heterocycles. The van der Waals surface area contributed by atoms with Gasteiger partial charge in [-0.05, 0) is 35.8 Å². The zero-order valence-electron chi connectivity index (χ0n) is 14.2. The molecule has 2 heteroatoms. The summed E-state index contributed by atoms with van der Waals surface area (Å²) in [5.41, 5.74) is 0. The molecule has 0 bridgehead atoms. The molecule has 1 nitrogen and oxygen atoms in total. The standard InChI is InChI=1S/C23H21OP/c1-20(24)12-11-19-25(21-13-5-2-6-14-21,22-15-7-3-8-16-22)23-17-9-4-10-18-23/h2-19H,1H3/b12-11+. The van der Waals surface area contributed by atoms with Crippen LogP contribution in [-0.4, -0.2) is 11.6 Å². The number of benzene rings is 3. The van der Waals surface area contributed by atoms with E-state index in [0.717, 1.165) is 0 Å². The molecule has 25 heavy (non-hydrogen) atoms. The molecule has 0 amide bonds. The van der Waals surface area contributed by atoms with Gasteiger partial charge in [-0.2, -0.15) is 0 Å². The van der Waals surface area contributed by atoms with Crippen LogP contribution in [0, 0.1) is 0 Å². The Balaban J connectivity index is 2.38. The van der Waals surface area contributed by atoms with Gasteiger partial charge in [0, 0.05) is 0 Å². The number of ketones is 1. The van der Waals surface area contributed by atoms with E-state index < -0.39 is 6.89 Å². The largest absolute Gasteiger partial charge is 0.295 e. The zero-order chi connectivity index (χ0) is 17.5. The smallest absolute Gasteiger partial charge is 0.152 e. The van der Waals surface area contributed by atoms with Crippen LogP contribution in [0.1, 0.15) is 6.92 Å². The first-order valence-electron chi connectivity index (χ1n) is 8.32. The van der Waals surface area contributed by atoms with Gasteiger partial charge in [0.25, 0.3) is 0 Å². The fourth-order valence-electron chi connectivity index (χ4n) is 3.00. The van der Waals surface area contributed by atoms with Gasteiger partial charge >= 0.3 is 0 Å². The van der Waals surface area contributed by atoms with E-state index in [0.29, 0.717) is 0 Å². The van der Waals surface area contributed by atoms with E-state index in [1.54, 1.807) is 13.0 Å². The lowest BCUT2D eigenvalue weighted by molar-refractivity contribution is -0.112. The highest BCUT2D eigenvalue weighted by atomic mass is 31.2. The van der Waals surface area contributed by atoms with E-state index in [1.807, 2.05) is 24.3 Å². The Morgan fingerprint density at radius 3 is 1.36 bits per heavy atom. The summed E-state index contributed by atoms with van der Waals surface area (Å²) in [4.78, 5) is 11.4. The summed E-state index contributed by atoms with van der Waals surface area (Å²) in [6.07, 6.45) is 3.56. The van der Waals surface area contributed by atoms with Crippen LogP contribution in [0.3, 0.4) is 0 Å². The lowest BCUT2D eigenvalue weighted by Crippen LogP contribution is -2.26. The van der Waals surface area contributed by atoms with Gasteiger partial charge in [0.15, 0.2) is 5.78 Å². The van der Waals surface area contributed by atoms with Crippen LogP contribution in [0.15, 0.2) is 103 Å². The van der Waals surface area contributed by atoms with Crippen molar-refractivity contribution in [3.63, 3.8) is 0 Å². The molecule has 124 valence electrons. The Morgan fingerprint density at radius 1 is 0.680 bits per heavy atom. The highest BCUT2D eigenvalue weighted by molar-refractivity contribution is 7.94. The predicted molar refractivity (Wildman–Crippen MR) is 111 cm³/mol. The Morgan fingerprint density at radius 2 is 1.04 bits per heavy atom. The summed E-state index contributed by atoms with van der Waals surface area (Å²) in [7, 11) is 0. The molecular formula is C23H21OP. The van der Waals surface area contributed by atoms with Gasteiger partial charge in [-0.1, -0.05) is 103 Å². The van der Waals surface area contributed by atoms with Crippen molar-refractivity contribution in [1.29, 1.82) is 0 Å². The highest BCUT2D eigenvalue weighted by Gasteiger charge is 2.23. The van der Waals surface area contributed by atoms with E-state index in [2.05, 4.69) is 78.6 Å². The first-order chi connectivity index (χ1) is 12.2. The molecule has 0 aromatic heterocycles. The van der Waals surface area contributed by atoms with Crippen LogP contribution in [0.5, 0.6) is 0 Å². The normalized spacial score (nSPS) is 11.4. The monoisotopic (exact) mass is 344 g/mol. The lowest BCUT2D eigenvalue weighted by atomic mass is 10.4. The fraction of sp³-hybridized carbons (Fsp3) is 0.0435. The van der Waals surface area contributed by atoms with Crippen LogP contribution in [-0.2, 0) is 4.79 Å². The van der Waals surface area contributed by atoms with Crippen molar-refractivity contribution >= 4 is 34.4 Å². The molecule has 0 aliphatic carbocycles. The Bertz CT molecular complexity index is 807. The molecule has 0 N–H and O–H groups in total. The average Bonchev–Trinajstić information content (AvgIpc) is 2.67. The number of hydrogen-bond acceptors (Lipinski definition) is 1. The topological polar surface area (TPSA) is 17.1 Å². The van der Waals surface area contributed by atoms with E-state index in [4.69, 9.17) is 0 Å². The summed E-state index contributed by atoms with van der Waals surface area (Å²) in [5.74, 6) is 2.29. The van der Waals surface area contributed by atoms with Crippen LogP contribution < -0.4 is 15.9 Å². The number of carbonyl (C=O) groups excluding carboxylic acids is 1. The molecule has 0 aliphatic heterocycles. The third-order valence-electron chi connectivity index (χ3n) is 4.13. The maximum absolute atomic E-state index is 11.4. The summed E-state index contributed by atoms with van der Waals surface area (Å²) in [5, 5.41) is 3.84. The van der Waals surface area contributed by atoms with Crippen molar-refractivity contribution in [3.8, 4) is 0 Å². The quantitative estimate of drug-likeness (QED) is 0.506. The molecule has 0 unspecified atom stereocenters. The van der Waals surface area contributed by atoms with Crippen molar-refractivity contribution in [2.45, 2.75) is 6.92 Å². The predicted octanol–water partition coefficient (Wildman–Crippen LogP) is 3.93. The molecule has 0 radical (unpaired) electrons. The van der Waals surface area contributed by atoms with Gasteiger partial charge in [-0.15, -0.1) is 0 Å². The molecule has 3 aromatic rings. The number of rotatable bonds is 5. The van der Waals surface area contributed by atoms with E-state index in [-0.39, 0.29) is 5.78 Å². The number of allylic oxidation sites excluding steroid dienone is 2. The molecule has 0 fully saturated rings. The molecular weight excluding hydrogens is 323 g/mol. The van der Waals surface area contributed by atoms with Crippen molar-refractivity contribution in [1.82, 2.24) is 0 Å². The molecule has 3 aromatic carbocycles. The number of carbonyl (C=O) groups is 1. The minimum atomic E-state index is -1.97. The van der Waals surface area contributed by atoms with Gasteiger partial charge < -0.3 is 0 Å². The van der Waals surface area contributed by atoms with E-state index in [1.165, 1.54) is 15.9 Å². The molecule has 0 saturated carbocycles. The fourth-order valence-corrected chi connectivity index (χ4v) is 6.68. The van der Waals surface area contributed by atoms with Crippen LogP contribution >= 0.6 is 6.89 Å². The van der Waals surface area contributed by atoms with Gasteiger partial charge in [-0.25, -0.2) is 0 Å². The lowest BCUT2D eigenvalue weighted by Gasteiger charge is -2.28. The Hall–Kier alpha value is -2.63. The number of hydrogen-bond donors (Lipinski definition) is 0. The van der Waals surface area contributed by atoms with Crippen molar-refractivity contribution in [2.24, 2.45) is 0 Å².